The lowest BCUT2D eigenvalue weighted by Crippen LogP contribution is -2.40. The molecule has 8 heteroatoms. The van der Waals surface area contributed by atoms with Crippen LogP contribution in [-0.4, -0.2) is 50.6 Å². The van der Waals surface area contributed by atoms with E-state index in [0.717, 1.165) is 12.0 Å². The van der Waals surface area contributed by atoms with E-state index in [1.165, 1.54) is 22.6 Å². The first kappa shape index (κ1) is 17.8. The van der Waals surface area contributed by atoms with Gasteiger partial charge in [0.1, 0.15) is 16.5 Å². The van der Waals surface area contributed by atoms with E-state index in [2.05, 4.69) is 10.3 Å². The van der Waals surface area contributed by atoms with Gasteiger partial charge in [-0.1, -0.05) is 12.1 Å². The second-order valence-corrected chi connectivity index (χ2v) is 7.64. The number of pyridine rings is 1. The number of hydrogen-bond donors (Lipinski definition) is 1. The van der Waals surface area contributed by atoms with Crippen LogP contribution in [0, 0.1) is 5.82 Å². The zero-order chi connectivity index (χ0) is 17.7. The molecule has 25 heavy (non-hydrogen) atoms. The Bertz CT molecular complexity index is 789. The van der Waals surface area contributed by atoms with E-state index in [1.54, 1.807) is 24.3 Å². The first-order valence-electron chi connectivity index (χ1n) is 8.08. The SMILES string of the molecule is O=S(=O)(c1ccc(NCCc2ccc(F)cc2)nc1)N1CCOCC1. The zero-order valence-corrected chi connectivity index (χ0v) is 14.5. The molecule has 134 valence electrons. The number of nitrogens with zero attached hydrogens (tertiary/aromatic N) is 2. The van der Waals surface area contributed by atoms with E-state index >= 15 is 0 Å². The number of sulfonamides is 1. The fourth-order valence-corrected chi connectivity index (χ4v) is 3.91. The molecule has 1 N–H and O–H groups in total. The van der Waals surface area contributed by atoms with Gasteiger partial charge in [-0.05, 0) is 36.2 Å². The van der Waals surface area contributed by atoms with Crippen molar-refractivity contribution < 1.29 is 17.5 Å². The monoisotopic (exact) mass is 365 g/mol. The first-order chi connectivity index (χ1) is 12.1. The molecule has 0 aliphatic carbocycles. The van der Waals surface area contributed by atoms with Crippen molar-refractivity contribution in [2.45, 2.75) is 11.3 Å². The summed E-state index contributed by atoms with van der Waals surface area (Å²) in [7, 11) is -3.52. The number of benzene rings is 1. The lowest BCUT2D eigenvalue weighted by molar-refractivity contribution is 0.0730. The van der Waals surface area contributed by atoms with Crippen LogP contribution in [0.1, 0.15) is 5.56 Å². The molecule has 0 saturated carbocycles. The first-order valence-corrected chi connectivity index (χ1v) is 9.52. The Morgan fingerprint density at radius 3 is 2.48 bits per heavy atom. The van der Waals surface area contributed by atoms with Crippen LogP contribution in [0.15, 0.2) is 47.5 Å². The maximum atomic E-state index is 12.9. The van der Waals surface area contributed by atoms with Gasteiger partial charge in [0.15, 0.2) is 0 Å². The third-order valence-electron chi connectivity index (χ3n) is 3.98. The predicted octanol–water partition coefficient (Wildman–Crippen LogP) is 1.90. The van der Waals surface area contributed by atoms with Crippen LogP contribution >= 0.6 is 0 Å². The summed E-state index contributed by atoms with van der Waals surface area (Å²) in [5, 5.41) is 3.13. The molecule has 1 saturated heterocycles. The minimum Gasteiger partial charge on any atom is -0.379 e. The Balaban J connectivity index is 1.57. The van der Waals surface area contributed by atoms with Crippen LogP contribution in [0.3, 0.4) is 0 Å². The predicted molar refractivity (Wildman–Crippen MR) is 92.4 cm³/mol. The molecule has 2 heterocycles. The highest BCUT2D eigenvalue weighted by molar-refractivity contribution is 7.89. The smallest absolute Gasteiger partial charge is 0.244 e. The molecule has 1 fully saturated rings. The number of rotatable bonds is 6. The van der Waals surface area contributed by atoms with E-state index in [1.807, 2.05) is 0 Å². The van der Waals surface area contributed by atoms with Crippen LogP contribution in [0.25, 0.3) is 0 Å². The van der Waals surface area contributed by atoms with Crippen molar-refractivity contribution in [1.82, 2.24) is 9.29 Å². The van der Waals surface area contributed by atoms with Crippen molar-refractivity contribution in [3.05, 3.63) is 54.0 Å². The third-order valence-corrected chi connectivity index (χ3v) is 5.86. The minimum atomic E-state index is -3.52. The standard InChI is InChI=1S/C17H20FN3O3S/c18-15-3-1-14(2-4-15)7-8-19-17-6-5-16(13-20-17)25(22,23)21-9-11-24-12-10-21/h1-6,13H,7-12H2,(H,19,20). The highest BCUT2D eigenvalue weighted by Gasteiger charge is 2.26. The molecule has 1 aliphatic rings. The minimum absolute atomic E-state index is 0.179. The maximum Gasteiger partial charge on any atom is 0.244 e. The van der Waals surface area contributed by atoms with E-state index < -0.39 is 10.0 Å². The fraction of sp³-hybridized carbons (Fsp3) is 0.353. The summed E-state index contributed by atoms with van der Waals surface area (Å²) in [5.41, 5.74) is 1.01. The van der Waals surface area contributed by atoms with E-state index in [9.17, 15) is 12.8 Å². The molecular formula is C17H20FN3O3S. The normalized spacial score (nSPS) is 15.9. The second-order valence-electron chi connectivity index (χ2n) is 5.70. The molecule has 0 unspecified atom stereocenters. The van der Waals surface area contributed by atoms with Gasteiger partial charge in [0.25, 0.3) is 0 Å². The molecule has 1 aromatic heterocycles. The number of halogens is 1. The lowest BCUT2D eigenvalue weighted by atomic mass is 10.1. The van der Waals surface area contributed by atoms with Gasteiger partial charge in [-0.15, -0.1) is 0 Å². The van der Waals surface area contributed by atoms with Crippen molar-refractivity contribution >= 4 is 15.8 Å². The van der Waals surface area contributed by atoms with E-state index in [0.29, 0.717) is 38.7 Å². The van der Waals surface area contributed by atoms with Gasteiger partial charge >= 0.3 is 0 Å². The molecule has 0 spiro atoms. The van der Waals surface area contributed by atoms with E-state index in [4.69, 9.17) is 4.74 Å². The molecular weight excluding hydrogens is 345 g/mol. The van der Waals surface area contributed by atoms with Gasteiger partial charge in [-0.2, -0.15) is 4.31 Å². The third kappa shape index (κ3) is 4.53. The number of hydrogen-bond acceptors (Lipinski definition) is 5. The lowest BCUT2D eigenvalue weighted by Gasteiger charge is -2.25. The number of morpholine rings is 1. The average molecular weight is 365 g/mol. The highest BCUT2D eigenvalue weighted by Crippen LogP contribution is 2.17. The molecule has 1 aromatic carbocycles. The molecule has 2 aromatic rings. The van der Waals surface area contributed by atoms with Crippen molar-refractivity contribution in [2.24, 2.45) is 0 Å². The molecule has 3 rings (SSSR count). The molecule has 0 bridgehead atoms. The van der Waals surface area contributed by atoms with Crippen molar-refractivity contribution in [3.8, 4) is 0 Å². The maximum absolute atomic E-state index is 12.9. The summed E-state index contributed by atoms with van der Waals surface area (Å²) >= 11 is 0. The molecule has 0 amide bonds. The number of nitrogens with one attached hydrogen (secondary N) is 1. The summed E-state index contributed by atoms with van der Waals surface area (Å²) in [6, 6.07) is 9.54. The molecule has 6 nitrogen and oxygen atoms in total. The summed E-state index contributed by atoms with van der Waals surface area (Å²) < 4.78 is 44.5. The van der Waals surface area contributed by atoms with E-state index in [-0.39, 0.29) is 10.7 Å². The second kappa shape index (κ2) is 7.90. The summed E-state index contributed by atoms with van der Waals surface area (Å²) in [4.78, 5) is 4.36. The fourth-order valence-electron chi connectivity index (χ4n) is 2.56. The number of anilines is 1. The Morgan fingerprint density at radius 2 is 1.84 bits per heavy atom. The zero-order valence-electron chi connectivity index (χ0n) is 13.7. The number of aromatic nitrogens is 1. The van der Waals surface area contributed by atoms with Gasteiger partial charge in [0.05, 0.1) is 13.2 Å². The van der Waals surface area contributed by atoms with Gasteiger partial charge in [-0.25, -0.2) is 17.8 Å². The van der Waals surface area contributed by atoms with Crippen LogP contribution < -0.4 is 5.32 Å². The van der Waals surface area contributed by atoms with Gasteiger partial charge < -0.3 is 10.1 Å². The number of ether oxygens (including phenoxy) is 1. The Morgan fingerprint density at radius 1 is 1.12 bits per heavy atom. The van der Waals surface area contributed by atoms with Gasteiger partial charge in [-0.3, -0.25) is 0 Å². The quantitative estimate of drug-likeness (QED) is 0.847. The Hall–Kier alpha value is -2.03. The Labute approximate surface area is 146 Å². The summed E-state index contributed by atoms with van der Waals surface area (Å²) in [5.74, 6) is 0.346. The highest BCUT2D eigenvalue weighted by atomic mass is 32.2. The Kier molecular flexibility index (Phi) is 5.62. The average Bonchev–Trinajstić information content (AvgIpc) is 2.64. The van der Waals surface area contributed by atoms with Crippen LogP contribution in [0.5, 0.6) is 0 Å². The molecule has 0 radical (unpaired) electrons. The van der Waals surface area contributed by atoms with Gasteiger partial charge in [0, 0.05) is 25.8 Å². The van der Waals surface area contributed by atoms with Crippen LogP contribution in [-0.2, 0) is 21.2 Å². The van der Waals surface area contributed by atoms with Crippen LogP contribution in [0.4, 0.5) is 10.2 Å². The van der Waals surface area contributed by atoms with Crippen LogP contribution in [0.2, 0.25) is 0 Å². The van der Waals surface area contributed by atoms with Gasteiger partial charge in [0.2, 0.25) is 10.0 Å². The topological polar surface area (TPSA) is 71.5 Å². The molecule has 0 atom stereocenters. The van der Waals surface area contributed by atoms with Crippen molar-refractivity contribution in [2.75, 3.05) is 38.2 Å². The molecule has 1 aliphatic heterocycles. The van der Waals surface area contributed by atoms with Crippen molar-refractivity contribution in [3.63, 3.8) is 0 Å². The largest absolute Gasteiger partial charge is 0.379 e. The van der Waals surface area contributed by atoms with Crippen molar-refractivity contribution in [1.29, 1.82) is 0 Å². The summed E-state index contributed by atoms with van der Waals surface area (Å²) in [6.07, 6.45) is 2.08. The summed E-state index contributed by atoms with van der Waals surface area (Å²) in [6.45, 7) is 2.17.